The van der Waals surface area contributed by atoms with Crippen molar-refractivity contribution < 1.29 is 31.1 Å². The molecule has 0 rings (SSSR count). The molecule has 0 bridgehead atoms. The highest BCUT2D eigenvalue weighted by Gasteiger charge is 2.61. The third kappa shape index (κ3) is 6.67. The lowest BCUT2D eigenvalue weighted by Gasteiger charge is -2.27. The third-order valence-electron chi connectivity index (χ3n) is 2.65. The van der Waals surface area contributed by atoms with Gasteiger partial charge in [0, 0.05) is 12.4 Å². The highest BCUT2D eigenvalue weighted by molar-refractivity contribution is 6.17. The van der Waals surface area contributed by atoms with E-state index < -0.39 is 29.6 Å². The molecule has 1 amide bonds. The zero-order chi connectivity index (χ0) is 16.2. The summed E-state index contributed by atoms with van der Waals surface area (Å²) in [5, 5.41) is 1.72. The molecular weight excluding hydrogens is 312 g/mol. The number of halogens is 7. The summed E-state index contributed by atoms with van der Waals surface area (Å²) in [6, 6.07) is 0. The molecule has 0 aliphatic rings. The van der Waals surface area contributed by atoms with Crippen LogP contribution < -0.4 is 5.32 Å². The van der Waals surface area contributed by atoms with Crippen molar-refractivity contribution >= 4 is 17.5 Å². The van der Waals surface area contributed by atoms with Crippen LogP contribution in [0.15, 0.2) is 0 Å². The van der Waals surface area contributed by atoms with E-state index in [1.165, 1.54) is 0 Å². The van der Waals surface area contributed by atoms with E-state index in [2.05, 4.69) is 0 Å². The van der Waals surface area contributed by atoms with Crippen molar-refractivity contribution in [2.24, 2.45) is 11.3 Å². The van der Waals surface area contributed by atoms with Crippen molar-refractivity contribution in [1.29, 1.82) is 0 Å². The number of nitrogens with one attached hydrogen (secondary N) is 1. The quantitative estimate of drug-likeness (QED) is 0.582. The summed E-state index contributed by atoms with van der Waals surface area (Å²) in [4.78, 5) is 11.2. The summed E-state index contributed by atoms with van der Waals surface area (Å²) in [7, 11) is 0. The van der Waals surface area contributed by atoms with Crippen LogP contribution in [-0.2, 0) is 4.79 Å². The molecule has 0 atom stereocenters. The van der Waals surface area contributed by atoms with Gasteiger partial charge in [0.15, 0.2) is 0 Å². The molecule has 120 valence electrons. The van der Waals surface area contributed by atoms with E-state index >= 15 is 0 Å². The minimum Gasteiger partial charge on any atom is -0.355 e. The predicted octanol–water partition coefficient (Wildman–Crippen LogP) is 3.89. The Bertz CT molecular complexity index is 312. The van der Waals surface area contributed by atoms with Gasteiger partial charge in [0.25, 0.3) is 0 Å². The van der Waals surface area contributed by atoms with Crippen LogP contribution >= 0.6 is 11.6 Å². The first-order valence-corrected chi connectivity index (χ1v) is 6.32. The molecule has 0 fully saturated rings. The number of hydrogen-bond donors (Lipinski definition) is 1. The lowest BCUT2D eigenvalue weighted by atomic mass is 9.88. The Labute approximate surface area is 117 Å². The van der Waals surface area contributed by atoms with Gasteiger partial charge in [0.1, 0.15) is 0 Å². The summed E-state index contributed by atoms with van der Waals surface area (Å²) in [6.07, 6.45) is -10.3. The molecule has 0 heterocycles. The van der Waals surface area contributed by atoms with Gasteiger partial charge in [-0.15, -0.1) is 11.6 Å². The second-order valence-electron chi connectivity index (χ2n) is 5.19. The topological polar surface area (TPSA) is 29.1 Å². The number of alkyl halides is 7. The fraction of sp³-hybridized carbons (Fsp3) is 0.909. The molecular formula is C11H16ClF6NO. The molecule has 0 aromatic rings. The number of amides is 1. The Morgan fingerprint density at radius 3 is 1.90 bits per heavy atom. The van der Waals surface area contributed by atoms with E-state index in [0.717, 1.165) is 0 Å². The minimum atomic E-state index is -5.66. The Kier molecular flexibility index (Phi) is 6.64. The number of rotatable bonds is 6. The maximum absolute atomic E-state index is 12.3. The van der Waals surface area contributed by atoms with Gasteiger partial charge in [-0.1, -0.05) is 13.8 Å². The molecule has 0 radical (unpaired) electrons. The van der Waals surface area contributed by atoms with Crippen LogP contribution in [0.4, 0.5) is 26.3 Å². The van der Waals surface area contributed by atoms with Gasteiger partial charge in [-0.3, -0.25) is 4.79 Å². The van der Waals surface area contributed by atoms with Gasteiger partial charge in [-0.2, -0.15) is 26.3 Å². The lowest BCUT2D eigenvalue weighted by molar-refractivity contribution is -0.274. The SMILES string of the molecule is CC(C)(CCCCl)CNC(=O)C(C(F)(F)F)C(F)(F)F. The number of carbonyl (C=O) groups excluding carboxylic acids is 1. The zero-order valence-corrected chi connectivity index (χ0v) is 11.7. The Morgan fingerprint density at radius 2 is 1.55 bits per heavy atom. The maximum Gasteiger partial charge on any atom is 0.409 e. The molecule has 0 spiro atoms. The molecule has 0 aromatic carbocycles. The molecule has 0 saturated heterocycles. The smallest absolute Gasteiger partial charge is 0.355 e. The van der Waals surface area contributed by atoms with Crippen molar-refractivity contribution in [1.82, 2.24) is 5.32 Å². The third-order valence-corrected chi connectivity index (χ3v) is 2.91. The molecule has 0 aromatic heterocycles. The predicted molar refractivity (Wildman–Crippen MR) is 62.3 cm³/mol. The molecule has 0 unspecified atom stereocenters. The van der Waals surface area contributed by atoms with Crippen molar-refractivity contribution in [3.05, 3.63) is 0 Å². The normalized spacial score (nSPS) is 13.7. The molecule has 2 nitrogen and oxygen atoms in total. The van der Waals surface area contributed by atoms with E-state index in [1.807, 2.05) is 0 Å². The van der Waals surface area contributed by atoms with E-state index in [1.54, 1.807) is 19.2 Å². The van der Waals surface area contributed by atoms with Crippen molar-refractivity contribution in [3.8, 4) is 0 Å². The largest absolute Gasteiger partial charge is 0.409 e. The zero-order valence-electron chi connectivity index (χ0n) is 11.0. The first-order valence-electron chi connectivity index (χ1n) is 5.78. The van der Waals surface area contributed by atoms with E-state index in [4.69, 9.17) is 11.6 Å². The van der Waals surface area contributed by atoms with Crippen LogP contribution in [0.5, 0.6) is 0 Å². The van der Waals surface area contributed by atoms with Crippen molar-refractivity contribution in [2.45, 2.75) is 39.0 Å². The Morgan fingerprint density at radius 1 is 1.10 bits per heavy atom. The van der Waals surface area contributed by atoms with Crippen LogP contribution in [-0.4, -0.2) is 30.7 Å². The van der Waals surface area contributed by atoms with Gasteiger partial charge in [-0.05, 0) is 18.3 Å². The summed E-state index contributed by atoms with van der Waals surface area (Å²) < 4.78 is 73.7. The molecule has 0 aliphatic heterocycles. The van der Waals surface area contributed by atoms with Crippen molar-refractivity contribution in [3.63, 3.8) is 0 Å². The number of hydrogen-bond acceptors (Lipinski definition) is 1. The fourth-order valence-corrected chi connectivity index (χ4v) is 1.68. The lowest BCUT2D eigenvalue weighted by Crippen LogP contribution is -2.49. The molecule has 9 heteroatoms. The van der Waals surface area contributed by atoms with Gasteiger partial charge in [0.05, 0.1) is 0 Å². The summed E-state index contributed by atoms with van der Waals surface area (Å²) in [6.45, 7) is 2.96. The van der Waals surface area contributed by atoms with E-state index in [9.17, 15) is 31.1 Å². The second kappa shape index (κ2) is 6.87. The van der Waals surface area contributed by atoms with Crippen LogP contribution in [0.3, 0.4) is 0 Å². The summed E-state index contributed by atoms with van der Waals surface area (Å²) in [5.74, 6) is -5.76. The molecule has 0 aliphatic carbocycles. The van der Waals surface area contributed by atoms with Gasteiger partial charge in [0.2, 0.25) is 11.8 Å². The van der Waals surface area contributed by atoms with Crippen LogP contribution in [0.2, 0.25) is 0 Å². The average molecular weight is 328 g/mol. The second-order valence-corrected chi connectivity index (χ2v) is 5.57. The standard InChI is InChI=1S/C11H16ClF6NO/c1-9(2,4-3-5-12)6-19-8(20)7(10(13,14)15)11(16,17)18/h7H,3-6H2,1-2H3,(H,19,20). The highest BCUT2D eigenvalue weighted by atomic mass is 35.5. The van der Waals surface area contributed by atoms with E-state index in [-0.39, 0.29) is 6.54 Å². The van der Waals surface area contributed by atoms with Gasteiger partial charge >= 0.3 is 12.4 Å². The summed E-state index contributed by atoms with van der Waals surface area (Å²) in [5.41, 5.74) is -0.633. The minimum absolute atomic E-state index is 0.286. The van der Waals surface area contributed by atoms with Gasteiger partial charge in [-0.25, -0.2) is 0 Å². The number of carbonyl (C=O) groups is 1. The Balaban J connectivity index is 4.73. The van der Waals surface area contributed by atoms with E-state index in [0.29, 0.717) is 18.7 Å². The van der Waals surface area contributed by atoms with Crippen LogP contribution in [0.25, 0.3) is 0 Å². The van der Waals surface area contributed by atoms with Crippen LogP contribution in [0.1, 0.15) is 26.7 Å². The molecule has 0 saturated carbocycles. The highest BCUT2D eigenvalue weighted by Crippen LogP contribution is 2.39. The van der Waals surface area contributed by atoms with Gasteiger partial charge < -0.3 is 5.32 Å². The first-order chi connectivity index (χ1) is 8.81. The summed E-state index contributed by atoms with van der Waals surface area (Å²) >= 11 is 5.46. The average Bonchev–Trinajstić information content (AvgIpc) is 2.20. The Hall–Kier alpha value is -0.660. The first kappa shape index (κ1) is 19.3. The molecule has 20 heavy (non-hydrogen) atoms. The maximum atomic E-state index is 12.3. The fourth-order valence-electron chi connectivity index (χ4n) is 1.55. The van der Waals surface area contributed by atoms with Crippen LogP contribution in [0, 0.1) is 11.3 Å². The van der Waals surface area contributed by atoms with Crippen molar-refractivity contribution in [2.75, 3.05) is 12.4 Å². The molecule has 1 N–H and O–H groups in total. The monoisotopic (exact) mass is 327 g/mol.